The molecule has 0 spiro atoms. The fraction of sp³-hybridized carbons (Fsp3) is 0.677. The molecule has 0 aliphatic heterocycles. The van der Waals surface area contributed by atoms with Gasteiger partial charge < -0.3 is 0 Å². The Labute approximate surface area is 401 Å². The van der Waals surface area contributed by atoms with Crippen molar-refractivity contribution in [2.24, 2.45) is 0 Å². The van der Waals surface area contributed by atoms with E-state index in [9.17, 15) is 0 Å². The van der Waals surface area contributed by atoms with Crippen molar-refractivity contribution in [1.29, 1.82) is 0 Å². The molecule has 0 fully saturated rings. The Bertz CT molecular complexity index is 1740. The Morgan fingerprint density at radius 1 is 0.312 bits per heavy atom. The summed E-state index contributed by atoms with van der Waals surface area (Å²) in [5.41, 5.74) is 22.2. The van der Waals surface area contributed by atoms with E-state index in [0.29, 0.717) is 33.2 Å². The SMILES string of the molecule is CCCCCCc1cc(C#C[Si](C(C)C)(C(C)C)C(C)C)c(CCCCCC)cc1C#CC#Cc1cc(CCCCCC)c(C#C[Si](C(C)C)(C(C)C)C(C)C)cc1CCCCCC. The first kappa shape index (κ1) is 57.2. The Morgan fingerprint density at radius 2 is 0.531 bits per heavy atom. The highest BCUT2D eigenvalue weighted by molar-refractivity contribution is 6.91. The lowest BCUT2D eigenvalue weighted by atomic mass is 9.92. The fourth-order valence-corrected chi connectivity index (χ4v) is 21.5. The van der Waals surface area contributed by atoms with Gasteiger partial charge in [-0.3, -0.25) is 0 Å². The van der Waals surface area contributed by atoms with Crippen LogP contribution in [0.1, 0.15) is 258 Å². The fourth-order valence-electron chi connectivity index (χ4n) is 11.1. The van der Waals surface area contributed by atoms with E-state index in [1.165, 1.54) is 136 Å². The molecule has 2 aromatic carbocycles. The van der Waals surface area contributed by atoms with Crippen LogP contribution in [0.3, 0.4) is 0 Å². The summed E-state index contributed by atoms with van der Waals surface area (Å²) >= 11 is 0. The molecule has 2 heteroatoms. The minimum Gasteiger partial charge on any atom is -0.125 e. The van der Waals surface area contributed by atoms with Crippen molar-refractivity contribution in [3.63, 3.8) is 0 Å². The Balaban J connectivity index is 2.90. The standard InChI is InChI=1S/C62H98Si2/c1-17-21-25-29-35-55-47-61(41-43-63(49(5)6,50(7)8)51(9)10)59(37-31-27-23-19-3)45-57(55)39-33-34-40-58-46-60(38-32-28-24-20-4)62(48-56(58)36-30-26-22-18-2)42-44-64(52(11)12,53(13)14)54(15)16/h45-54H,17-32,35-38H2,1-16H3. The molecule has 0 saturated carbocycles. The predicted molar refractivity (Wildman–Crippen MR) is 294 cm³/mol. The van der Waals surface area contributed by atoms with Crippen molar-refractivity contribution in [2.75, 3.05) is 0 Å². The first-order valence-electron chi connectivity index (χ1n) is 27.0. The summed E-state index contributed by atoms with van der Waals surface area (Å²) in [7, 11) is -3.76. The number of hydrogen-bond acceptors (Lipinski definition) is 0. The minimum atomic E-state index is -1.88. The van der Waals surface area contributed by atoms with Crippen LogP contribution in [0, 0.1) is 46.6 Å². The van der Waals surface area contributed by atoms with Gasteiger partial charge in [0, 0.05) is 22.3 Å². The van der Waals surface area contributed by atoms with Crippen molar-refractivity contribution >= 4 is 16.1 Å². The van der Waals surface area contributed by atoms with Crippen LogP contribution in [0.2, 0.25) is 33.2 Å². The lowest BCUT2D eigenvalue weighted by molar-refractivity contribution is 0.662. The lowest BCUT2D eigenvalue weighted by Gasteiger charge is -2.38. The van der Waals surface area contributed by atoms with Gasteiger partial charge in [-0.1, -0.05) is 212 Å². The molecule has 0 radical (unpaired) electrons. The van der Waals surface area contributed by atoms with Gasteiger partial charge in [0.25, 0.3) is 0 Å². The maximum atomic E-state index is 4.09. The lowest BCUT2D eigenvalue weighted by Crippen LogP contribution is -2.43. The van der Waals surface area contributed by atoms with E-state index in [1.54, 1.807) is 0 Å². The molecule has 0 aromatic heterocycles. The highest BCUT2D eigenvalue weighted by Crippen LogP contribution is 2.42. The molecule has 0 aliphatic carbocycles. The van der Waals surface area contributed by atoms with Crippen LogP contribution >= 0.6 is 0 Å². The molecule has 354 valence electrons. The summed E-state index contributed by atoms with van der Waals surface area (Å²) in [5.74, 6) is 22.0. The van der Waals surface area contributed by atoms with E-state index in [-0.39, 0.29) is 0 Å². The monoisotopic (exact) mass is 899 g/mol. The molecule has 0 unspecified atom stereocenters. The molecule has 0 heterocycles. The first-order valence-corrected chi connectivity index (χ1v) is 31.4. The normalized spacial score (nSPS) is 11.8. The number of unbranched alkanes of at least 4 members (excludes halogenated alkanes) is 12. The average molecular weight is 900 g/mol. The van der Waals surface area contributed by atoms with Gasteiger partial charge in [0.2, 0.25) is 0 Å². The second kappa shape index (κ2) is 30.4. The van der Waals surface area contributed by atoms with Crippen molar-refractivity contribution < 1.29 is 0 Å². The molecule has 0 aliphatic rings. The molecule has 0 bridgehead atoms. The zero-order valence-corrected chi connectivity index (χ0v) is 46.9. The summed E-state index contributed by atoms with van der Waals surface area (Å²) in [6.45, 7) is 38.3. The van der Waals surface area contributed by atoms with Crippen LogP contribution in [0.4, 0.5) is 0 Å². The van der Waals surface area contributed by atoms with Gasteiger partial charge in [-0.15, -0.1) is 11.1 Å². The summed E-state index contributed by atoms with van der Waals surface area (Å²) in [5, 5.41) is 0. The quantitative estimate of drug-likeness (QED) is 0.0501. The van der Waals surface area contributed by atoms with Crippen molar-refractivity contribution in [2.45, 2.75) is 272 Å². The number of benzene rings is 2. The first-order chi connectivity index (χ1) is 30.6. The van der Waals surface area contributed by atoms with Gasteiger partial charge in [0.05, 0.1) is 0 Å². The van der Waals surface area contributed by atoms with Gasteiger partial charge in [-0.25, -0.2) is 0 Å². The third-order valence-electron chi connectivity index (χ3n) is 14.9. The van der Waals surface area contributed by atoms with Crippen molar-refractivity contribution in [3.05, 3.63) is 68.8 Å². The molecule has 2 aromatic rings. The summed E-state index contributed by atoms with van der Waals surface area (Å²) < 4.78 is 0. The Hall–Kier alpha value is -2.89. The number of aryl methyl sites for hydroxylation is 4. The summed E-state index contributed by atoms with van der Waals surface area (Å²) in [6, 6.07) is 9.78. The van der Waals surface area contributed by atoms with E-state index < -0.39 is 16.1 Å². The highest BCUT2D eigenvalue weighted by Gasteiger charge is 2.42. The van der Waals surface area contributed by atoms with Crippen molar-refractivity contribution in [3.8, 4) is 46.6 Å². The summed E-state index contributed by atoms with van der Waals surface area (Å²) in [6.07, 6.45) is 24.1. The van der Waals surface area contributed by atoms with E-state index in [0.717, 1.165) is 36.8 Å². The third kappa shape index (κ3) is 17.1. The smallest absolute Gasteiger partial charge is 0.125 e. The second-order valence-corrected chi connectivity index (χ2v) is 32.5. The Kier molecular flexibility index (Phi) is 27.2. The van der Waals surface area contributed by atoms with Crippen LogP contribution < -0.4 is 0 Å². The van der Waals surface area contributed by atoms with E-state index >= 15 is 0 Å². The number of hydrogen-bond donors (Lipinski definition) is 0. The maximum Gasteiger partial charge on any atom is 0.146 e. The van der Waals surface area contributed by atoms with E-state index in [1.807, 2.05) is 0 Å². The molecule has 0 atom stereocenters. The zero-order valence-electron chi connectivity index (χ0n) is 44.9. The predicted octanol–water partition coefficient (Wildman–Crippen LogP) is 18.7. The molecular formula is C62H98Si2. The molecule has 0 nitrogen and oxygen atoms in total. The van der Waals surface area contributed by atoms with Gasteiger partial charge in [0.15, 0.2) is 0 Å². The van der Waals surface area contributed by atoms with E-state index in [4.69, 9.17) is 0 Å². The molecule has 0 saturated heterocycles. The molecule has 2 rings (SSSR count). The molecule has 0 amide bonds. The van der Waals surface area contributed by atoms with Gasteiger partial charge in [-0.05, 0) is 143 Å². The van der Waals surface area contributed by atoms with Crippen LogP contribution in [0.25, 0.3) is 0 Å². The molecular weight excluding hydrogens is 801 g/mol. The summed E-state index contributed by atoms with van der Waals surface area (Å²) in [4.78, 5) is 0. The largest absolute Gasteiger partial charge is 0.146 e. The Morgan fingerprint density at radius 3 is 0.734 bits per heavy atom. The second-order valence-electron chi connectivity index (χ2n) is 21.4. The van der Waals surface area contributed by atoms with Crippen molar-refractivity contribution in [1.82, 2.24) is 0 Å². The van der Waals surface area contributed by atoms with E-state index in [2.05, 4.69) is 182 Å². The van der Waals surface area contributed by atoms with Crippen LogP contribution in [-0.2, 0) is 25.7 Å². The van der Waals surface area contributed by atoms with Crippen LogP contribution in [0.15, 0.2) is 24.3 Å². The third-order valence-corrected chi connectivity index (χ3v) is 27.5. The van der Waals surface area contributed by atoms with Gasteiger partial charge >= 0.3 is 0 Å². The highest BCUT2D eigenvalue weighted by atomic mass is 28.3. The zero-order chi connectivity index (χ0) is 47.7. The van der Waals surface area contributed by atoms with Gasteiger partial charge in [-0.2, -0.15) is 0 Å². The molecule has 64 heavy (non-hydrogen) atoms. The topological polar surface area (TPSA) is 0 Å². The van der Waals surface area contributed by atoms with Crippen LogP contribution in [0.5, 0.6) is 0 Å². The number of rotatable bonds is 26. The maximum absolute atomic E-state index is 4.09. The molecule has 0 N–H and O–H groups in total. The average Bonchev–Trinajstić information content (AvgIpc) is 3.24. The van der Waals surface area contributed by atoms with Gasteiger partial charge in [0.1, 0.15) is 16.1 Å². The van der Waals surface area contributed by atoms with Crippen LogP contribution in [-0.4, -0.2) is 16.1 Å². The minimum absolute atomic E-state index is 0.615.